The van der Waals surface area contributed by atoms with Crippen LogP contribution in [-0.2, 0) is 0 Å². The number of halogens is 1. The number of methoxy groups -OCH3 is 1. The predicted octanol–water partition coefficient (Wildman–Crippen LogP) is 3.75. The summed E-state index contributed by atoms with van der Waals surface area (Å²) in [6.07, 6.45) is 0. The van der Waals surface area contributed by atoms with Crippen molar-refractivity contribution in [3.63, 3.8) is 0 Å². The van der Waals surface area contributed by atoms with Crippen molar-refractivity contribution in [2.75, 3.05) is 7.11 Å². The highest BCUT2D eigenvalue weighted by Gasteiger charge is 2.09. The molecule has 3 nitrogen and oxygen atoms in total. The van der Waals surface area contributed by atoms with E-state index in [1.807, 2.05) is 31.2 Å². The van der Waals surface area contributed by atoms with E-state index < -0.39 is 5.82 Å². The quantitative estimate of drug-likeness (QED) is 0.710. The van der Waals surface area contributed by atoms with E-state index in [0.717, 1.165) is 16.6 Å². The van der Waals surface area contributed by atoms with Crippen LogP contribution in [0.1, 0.15) is 5.69 Å². The number of ether oxygens (including phenoxy) is 1. The first kappa shape index (κ1) is 12.5. The Morgan fingerprint density at radius 2 is 1.85 bits per heavy atom. The van der Waals surface area contributed by atoms with E-state index in [4.69, 9.17) is 4.74 Å². The van der Waals surface area contributed by atoms with Crippen LogP contribution in [0.5, 0.6) is 5.75 Å². The Morgan fingerprint density at radius 1 is 1.05 bits per heavy atom. The van der Waals surface area contributed by atoms with Crippen LogP contribution in [0.2, 0.25) is 0 Å². The highest BCUT2D eigenvalue weighted by molar-refractivity contribution is 5.82. The minimum absolute atomic E-state index is 0.214. The number of hydrogen-bond acceptors (Lipinski definition) is 3. The molecule has 0 radical (unpaired) electrons. The van der Waals surface area contributed by atoms with Crippen molar-refractivity contribution < 1.29 is 9.13 Å². The SMILES string of the molecule is COc1ccc(-c2nc(C)c3ccccc3n2)cc1F. The van der Waals surface area contributed by atoms with Crippen LogP contribution in [0.4, 0.5) is 4.39 Å². The molecule has 1 aromatic heterocycles. The Bertz CT molecular complexity index is 787. The van der Waals surface area contributed by atoms with Gasteiger partial charge < -0.3 is 4.74 Å². The second-order valence-corrected chi connectivity index (χ2v) is 4.50. The van der Waals surface area contributed by atoms with Crippen LogP contribution in [0.15, 0.2) is 42.5 Å². The summed E-state index contributed by atoms with van der Waals surface area (Å²) in [4.78, 5) is 8.93. The van der Waals surface area contributed by atoms with Crippen molar-refractivity contribution in [2.24, 2.45) is 0 Å². The molecular weight excluding hydrogens is 255 g/mol. The van der Waals surface area contributed by atoms with Crippen LogP contribution in [0.3, 0.4) is 0 Å². The molecule has 0 spiro atoms. The van der Waals surface area contributed by atoms with Crippen LogP contribution in [0, 0.1) is 12.7 Å². The highest BCUT2D eigenvalue weighted by Crippen LogP contribution is 2.25. The molecule has 0 saturated carbocycles. The zero-order chi connectivity index (χ0) is 14.1. The molecule has 0 fully saturated rings. The molecule has 0 atom stereocenters. The molecule has 2 aromatic carbocycles. The van der Waals surface area contributed by atoms with Crippen molar-refractivity contribution in [2.45, 2.75) is 6.92 Å². The topological polar surface area (TPSA) is 35.0 Å². The maximum atomic E-state index is 13.8. The van der Waals surface area contributed by atoms with Gasteiger partial charge in [0.2, 0.25) is 0 Å². The van der Waals surface area contributed by atoms with Crippen molar-refractivity contribution in [1.29, 1.82) is 0 Å². The number of aryl methyl sites for hydroxylation is 1. The molecule has 0 bridgehead atoms. The first-order chi connectivity index (χ1) is 9.69. The molecule has 0 aliphatic heterocycles. The third-order valence-corrected chi connectivity index (χ3v) is 3.20. The van der Waals surface area contributed by atoms with E-state index >= 15 is 0 Å². The molecule has 0 unspecified atom stereocenters. The van der Waals surface area contributed by atoms with Gasteiger partial charge in [0.05, 0.1) is 12.6 Å². The monoisotopic (exact) mass is 268 g/mol. The van der Waals surface area contributed by atoms with Gasteiger partial charge >= 0.3 is 0 Å². The maximum absolute atomic E-state index is 13.8. The Balaban J connectivity index is 2.17. The lowest BCUT2D eigenvalue weighted by Gasteiger charge is -2.07. The summed E-state index contributed by atoms with van der Waals surface area (Å²) in [6.45, 7) is 1.92. The standard InChI is InChI=1S/C16H13FN2O/c1-10-12-5-3-4-6-14(12)19-16(18-10)11-7-8-15(20-2)13(17)9-11/h3-9H,1-2H3. The number of nitrogens with zero attached hydrogens (tertiary/aromatic N) is 2. The maximum Gasteiger partial charge on any atom is 0.165 e. The molecule has 4 heteroatoms. The third-order valence-electron chi connectivity index (χ3n) is 3.20. The number of fused-ring (bicyclic) bond motifs is 1. The van der Waals surface area contributed by atoms with Crippen molar-refractivity contribution in [3.8, 4) is 17.1 Å². The van der Waals surface area contributed by atoms with Crippen molar-refractivity contribution in [1.82, 2.24) is 9.97 Å². The Morgan fingerprint density at radius 3 is 2.60 bits per heavy atom. The highest BCUT2D eigenvalue weighted by atomic mass is 19.1. The molecule has 0 aliphatic rings. The number of para-hydroxylation sites is 1. The molecule has 0 saturated heterocycles. The second-order valence-electron chi connectivity index (χ2n) is 4.50. The zero-order valence-electron chi connectivity index (χ0n) is 11.2. The second kappa shape index (κ2) is 4.89. The lowest BCUT2D eigenvalue weighted by atomic mass is 10.1. The van der Waals surface area contributed by atoms with Crippen LogP contribution < -0.4 is 4.74 Å². The summed E-state index contributed by atoms with van der Waals surface area (Å²) in [6, 6.07) is 12.5. The van der Waals surface area contributed by atoms with E-state index in [-0.39, 0.29) is 5.75 Å². The average molecular weight is 268 g/mol. The van der Waals surface area contributed by atoms with E-state index in [1.54, 1.807) is 12.1 Å². The van der Waals surface area contributed by atoms with Gasteiger partial charge in [-0.05, 0) is 31.2 Å². The van der Waals surface area contributed by atoms with E-state index in [1.165, 1.54) is 13.2 Å². The number of hydrogen-bond donors (Lipinski definition) is 0. The third kappa shape index (κ3) is 2.09. The first-order valence-electron chi connectivity index (χ1n) is 6.26. The normalized spacial score (nSPS) is 10.8. The number of rotatable bonds is 2. The Kier molecular flexibility index (Phi) is 3.06. The van der Waals surface area contributed by atoms with Crippen LogP contribution in [-0.4, -0.2) is 17.1 Å². The average Bonchev–Trinajstić information content (AvgIpc) is 2.47. The van der Waals surface area contributed by atoms with Gasteiger partial charge in [0.15, 0.2) is 17.4 Å². The Labute approximate surface area is 116 Å². The van der Waals surface area contributed by atoms with E-state index in [0.29, 0.717) is 11.4 Å². The van der Waals surface area contributed by atoms with Gasteiger partial charge in [-0.15, -0.1) is 0 Å². The van der Waals surface area contributed by atoms with Crippen LogP contribution >= 0.6 is 0 Å². The van der Waals surface area contributed by atoms with Gasteiger partial charge in [-0.2, -0.15) is 0 Å². The van der Waals surface area contributed by atoms with E-state index in [2.05, 4.69) is 9.97 Å². The molecule has 0 N–H and O–H groups in total. The van der Waals surface area contributed by atoms with Gasteiger partial charge in [0, 0.05) is 16.6 Å². The van der Waals surface area contributed by atoms with Gasteiger partial charge in [-0.25, -0.2) is 14.4 Å². The van der Waals surface area contributed by atoms with E-state index in [9.17, 15) is 4.39 Å². The fourth-order valence-corrected chi connectivity index (χ4v) is 2.17. The summed E-state index contributed by atoms with van der Waals surface area (Å²) >= 11 is 0. The summed E-state index contributed by atoms with van der Waals surface area (Å²) in [7, 11) is 1.44. The molecule has 0 aliphatic carbocycles. The molecule has 100 valence electrons. The van der Waals surface area contributed by atoms with Gasteiger partial charge in [0.25, 0.3) is 0 Å². The number of benzene rings is 2. The van der Waals surface area contributed by atoms with Crippen LogP contribution in [0.25, 0.3) is 22.3 Å². The smallest absolute Gasteiger partial charge is 0.165 e. The lowest BCUT2D eigenvalue weighted by molar-refractivity contribution is 0.386. The predicted molar refractivity (Wildman–Crippen MR) is 76.2 cm³/mol. The van der Waals surface area contributed by atoms with Gasteiger partial charge in [-0.3, -0.25) is 0 Å². The summed E-state index contributed by atoms with van der Waals surface area (Å²) in [5.41, 5.74) is 2.37. The zero-order valence-corrected chi connectivity index (χ0v) is 11.2. The fourth-order valence-electron chi connectivity index (χ4n) is 2.17. The summed E-state index contributed by atoms with van der Waals surface area (Å²) < 4.78 is 18.7. The van der Waals surface area contributed by atoms with Gasteiger partial charge in [-0.1, -0.05) is 18.2 Å². The lowest BCUT2D eigenvalue weighted by Crippen LogP contribution is -1.95. The molecule has 0 amide bonds. The van der Waals surface area contributed by atoms with Crippen molar-refractivity contribution in [3.05, 3.63) is 54.0 Å². The van der Waals surface area contributed by atoms with Crippen molar-refractivity contribution >= 4 is 10.9 Å². The number of aromatic nitrogens is 2. The molecular formula is C16H13FN2O. The fraction of sp³-hybridized carbons (Fsp3) is 0.125. The first-order valence-corrected chi connectivity index (χ1v) is 6.26. The minimum atomic E-state index is -0.417. The molecule has 3 rings (SSSR count). The molecule has 1 heterocycles. The largest absolute Gasteiger partial charge is 0.494 e. The minimum Gasteiger partial charge on any atom is -0.494 e. The summed E-state index contributed by atoms with van der Waals surface area (Å²) in [5.74, 6) is 0.313. The summed E-state index contributed by atoms with van der Waals surface area (Å²) in [5, 5.41) is 1.00. The van der Waals surface area contributed by atoms with Gasteiger partial charge in [0.1, 0.15) is 0 Å². The Hall–Kier alpha value is -2.49. The molecule has 3 aromatic rings. The molecule has 20 heavy (non-hydrogen) atoms.